The van der Waals surface area contributed by atoms with Crippen LogP contribution in [0.5, 0.6) is 0 Å². The second kappa shape index (κ2) is 8.82. The van der Waals surface area contributed by atoms with E-state index in [-0.39, 0.29) is 11.7 Å². The topological polar surface area (TPSA) is 60.1 Å². The molecule has 1 amide bonds. The van der Waals surface area contributed by atoms with Gasteiger partial charge >= 0.3 is 0 Å². The maximum absolute atomic E-state index is 13.7. The van der Waals surface area contributed by atoms with Crippen molar-refractivity contribution >= 4 is 11.7 Å². The average molecular weight is 473 g/mol. The number of amides is 1. The van der Waals surface area contributed by atoms with Crippen LogP contribution in [0.3, 0.4) is 0 Å². The Morgan fingerprint density at radius 3 is 2.17 bits per heavy atom. The van der Waals surface area contributed by atoms with E-state index >= 15 is 0 Å². The largest absolute Gasteiger partial charge is 0.328 e. The van der Waals surface area contributed by atoms with E-state index in [9.17, 15) is 9.59 Å². The van der Waals surface area contributed by atoms with Gasteiger partial charge in [-0.25, -0.2) is 4.68 Å². The van der Waals surface area contributed by atoms with E-state index in [1.807, 2.05) is 64.1 Å². The molecule has 5 aromatic rings. The third kappa shape index (κ3) is 3.64. The van der Waals surface area contributed by atoms with E-state index in [0.717, 1.165) is 28.3 Å². The lowest BCUT2D eigenvalue weighted by molar-refractivity contribution is 0.0745. The monoisotopic (exact) mass is 472 g/mol. The Morgan fingerprint density at radius 1 is 0.750 bits per heavy atom. The lowest BCUT2D eigenvalue weighted by Crippen LogP contribution is -2.28. The van der Waals surface area contributed by atoms with Gasteiger partial charge in [-0.2, -0.15) is 5.10 Å². The van der Waals surface area contributed by atoms with Gasteiger partial charge in [-0.1, -0.05) is 66.7 Å². The van der Waals surface area contributed by atoms with Crippen molar-refractivity contribution in [2.24, 2.45) is 0 Å². The van der Waals surface area contributed by atoms with Gasteiger partial charge in [-0.3, -0.25) is 9.59 Å². The zero-order valence-electron chi connectivity index (χ0n) is 19.8. The van der Waals surface area contributed by atoms with Crippen molar-refractivity contribution in [2.45, 2.75) is 20.0 Å². The molecule has 0 bridgehead atoms. The highest BCUT2D eigenvalue weighted by atomic mass is 16.2. The third-order valence-electron chi connectivity index (χ3n) is 6.65. The van der Waals surface area contributed by atoms with E-state index in [1.165, 1.54) is 0 Å². The van der Waals surface area contributed by atoms with Crippen LogP contribution in [0.25, 0.3) is 11.5 Å². The van der Waals surface area contributed by atoms with Gasteiger partial charge < -0.3 is 9.47 Å². The van der Waals surface area contributed by atoms with Crippen LogP contribution in [0.15, 0.2) is 103 Å². The summed E-state index contributed by atoms with van der Waals surface area (Å²) in [5.41, 5.74) is 5.38. The molecule has 0 fully saturated rings. The molecule has 1 aliphatic heterocycles. The van der Waals surface area contributed by atoms with Crippen LogP contribution >= 0.6 is 0 Å². The van der Waals surface area contributed by atoms with Gasteiger partial charge in [0, 0.05) is 29.1 Å². The maximum atomic E-state index is 13.7. The van der Waals surface area contributed by atoms with E-state index < -0.39 is 0 Å². The molecule has 6 nitrogen and oxygen atoms in total. The van der Waals surface area contributed by atoms with Gasteiger partial charge in [0.05, 0.1) is 30.0 Å². The Labute approximate surface area is 209 Å². The van der Waals surface area contributed by atoms with Crippen LogP contribution in [0.1, 0.15) is 43.1 Å². The minimum Gasteiger partial charge on any atom is -0.328 e. The van der Waals surface area contributed by atoms with Gasteiger partial charge in [0.15, 0.2) is 5.78 Å². The molecule has 3 heterocycles. The number of hydrogen-bond acceptors (Lipinski definition) is 3. The van der Waals surface area contributed by atoms with Crippen molar-refractivity contribution in [2.75, 3.05) is 0 Å². The van der Waals surface area contributed by atoms with Crippen molar-refractivity contribution in [1.82, 2.24) is 19.2 Å². The number of aromatic nitrogens is 3. The molecule has 0 radical (unpaired) electrons. The van der Waals surface area contributed by atoms with Crippen LogP contribution in [-0.4, -0.2) is 30.9 Å². The molecule has 176 valence electrons. The highest BCUT2D eigenvalue weighted by Crippen LogP contribution is 2.32. The van der Waals surface area contributed by atoms with Gasteiger partial charge in [0.2, 0.25) is 0 Å². The van der Waals surface area contributed by atoms with Crippen LogP contribution in [0, 0.1) is 6.92 Å². The molecule has 0 N–H and O–H groups in total. The molecule has 1 aliphatic rings. The Balaban J connectivity index is 1.37. The SMILES string of the molecule is Cc1ccccc1-n1nc2c(c1-n1cccc1)CN(C(=O)c1ccccc1C(=O)c1ccccc1)C2. The fourth-order valence-corrected chi connectivity index (χ4v) is 4.84. The molecule has 0 atom stereocenters. The molecule has 36 heavy (non-hydrogen) atoms. The zero-order valence-corrected chi connectivity index (χ0v) is 19.8. The first-order valence-corrected chi connectivity index (χ1v) is 11.9. The second-order valence-corrected chi connectivity index (χ2v) is 8.94. The molecule has 0 unspecified atom stereocenters. The van der Waals surface area contributed by atoms with Crippen LogP contribution in [-0.2, 0) is 13.1 Å². The standard InChI is InChI=1S/C30H24N4O2/c1-21-11-5-8-16-27(21)34-29(32-17-9-10-18-32)25-19-33(20-26(25)31-34)30(36)24-15-7-6-14-23(24)28(35)22-12-3-2-4-13-22/h2-18H,19-20H2,1H3. The Hall–Kier alpha value is -4.71. The number of carbonyl (C=O) groups excluding carboxylic acids is 2. The minimum absolute atomic E-state index is 0.158. The van der Waals surface area contributed by atoms with Gasteiger partial charge in [0.25, 0.3) is 5.91 Å². The molecular weight excluding hydrogens is 448 g/mol. The molecular formula is C30H24N4O2. The van der Waals surface area contributed by atoms with Crippen molar-refractivity contribution in [3.63, 3.8) is 0 Å². The number of rotatable bonds is 5. The van der Waals surface area contributed by atoms with Gasteiger partial charge in [-0.15, -0.1) is 0 Å². The van der Waals surface area contributed by atoms with Crippen molar-refractivity contribution < 1.29 is 9.59 Å². The zero-order chi connectivity index (χ0) is 24.6. The second-order valence-electron chi connectivity index (χ2n) is 8.94. The number of carbonyl (C=O) groups is 2. The fourth-order valence-electron chi connectivity index (χ4n) is 4.84. The van der Waals surface area contributed by atoms with Crippen LogP contribution < -0.4 is 0 Å². The summed E-state index contributed by atoms with van der Waals surface area (Å²) in [5, 5.41) is 4.94. The highest BCUT2D eigenvalue weighted by molar-refractivity contribution is 6.15. The lowest BCUT2D eigenvalue weighted by Gasteiger charge is -2.19. The summed E-state index contributed by atoms with van der Waals surface area (Å²) in [5.74, 6) is 0.594. The molecule has 2 aromatic heterocycles. The molecule has 0 spiro atoms. The minimum atomic E-state index is -0.172. The maximum Gasteiger partial charge on any atom is 0.255 e. The molecule has 0 aliphatic carbocycles. The molecule has 0 saturated heterocycles. The van der Waals surface area contributed by atoms with Gasteiger partial charge in [-0.05, 0) is 36.8 Å². The fraction of sp³-hybridized carbons (Fsp3) is 0.100. The molecule has 3 aromatic carbocycles. The Morgan fingerprint density at radius 2 is 1.42 bits per heavy atom. The number of aryl methyl sites for hydroxylation is 1. The quantitative estimate of drug-likeness (QED) is 0.324. The van der Waals surface area contributed by atoms with E-state index in [4.69, 9.17) is 5.10 Å². The van der Waals surface area contributed by atoms with E-state index in [2.05, 4.69) is 19.1 Å². The predicted molar refractivity (Wildman–Crippen MR) is 138 cm³/mol. The summed E-state index contributed by atoms with van der Waals surface area (Å²) in [6.45, 7) is 2.87. The Kier molecular flexibility index (Phi) is 5.34. The van der Waals surface area contributed by atoms with E-state index in [0.29, 0.717) is 29.8 Å². The first-order valence-electron chi connectivity index (χ1n) is 11.9. The van der Waals surface area contributed by atoms with E-state index in [1.54, 1.807) is 41.3 Å². The Bertz CT molecular complexity index is 1580. The number of benzene rings is 3. The molecule has 6 rings (SSSR count). The summed E-state index contributed by atoms with van der Waals surface area (Å²) in [7, 11) is 0. The van der Waals surface area contributed by atoms with Crippen molar-refractivity contribution in [3.8, 4) is 11.5 Å². The average Bonchev–Trinajstić information content (AvgIpc) is 3.65. The number of hydrogen-bond donors (Lipinski definition) is 0. The number of fused-ring (bicyclic) bond motifs is 1. The van der Waals surface area contributed by atoms with Crippen molar-refractivity contribution in [1.29, 1.82) is 0 Å². The summed E-state index contributed by atoms with van der Waals surface area (Å²) in [6.07, 6.45) is 3.98. The summed E-state index contributed by atoms with van der Waals surface area (Å²) >= 11 is 0. The number of nitrogens with zero attached hydrogens (tertiary/aromatic N) is 4. The predicted octanol–water partition coefficient (Wildman–Crippen LogP) is 5.36. The van der Waals surface area contributed by atoms with Crippen LogP contribution in [0.4, 0.5) is 0 Å². The third-order valence-corrected chi connectivity index (χ3v) is 6.65. The smallest absolute Gasteiger partial charge is 0.255 e. The first kappa shape index (κ1) is 21.8. The molecule has 6 heteroatoms. The first-order chi connectivity index (χ1) is 17.6. The van der Waals surface area contributed by atoms with Gasteiger partial charge in [0.1, 0.15) is 5.82 Å². The normalized spacial score (nSPS) is 12.5. The molecule has 0 saturated carbocycles. The highest BCUT2D eigenvalue weighted by Gasteiger charge is 2.33. The summed E-state index contributed by atoms with van der Waals surface area (Å²) in [6, 6.07) is 28.2. The number of para-hydroxylation sites is 1. The van der Waals surface area contributed by atoms with Crippen LogP contribution in [0.2, 0.25) is 0 Å². The number of ketones is 1. The van der Waals surface area contributed by atoms with Crippen molar-refractivity contribution in [3.05, 3.63) is 137 Å². The summed E-state index contributed by atoms with van der Waals surface area (Å²) in [4.78, 5) is 28.7. The lowest BCUT2D eigenvalue weighted by atomic mass is 9.97. The summed E-state index contributed by atoms with van der Waals surface area (Å²) < 4.78 is 4.01.